The summed E-state index contributed by atoms with van der Waals surface area (Å²) in [5, 5.41) is 6.67. The van der Waals surface area contributed by atoms with Crippen LogP contribution >= 0.6 is 0 Å². The van der Waals surface area contributed by atoms with Crippen molar-refractivity contribution in [1.82, 2.24) is 19.5 Å². The Morgan fingerprint density at radius 1 is 1.00 bits per heavy atom. The average molecular weight is 411 g/mol. The molecule has 1 fully saturated rings. The molecule has 2 aromatic carbocycles. The van der Waals surface area contributed by atoms with Crippen molar-refractivity contribution in [2.75, 3.05) is 37.7 Å². The number of sulfonamides is 1. The van der Waals surface area contributed by atoms with Gasteiger partial charge >= 0.3 is 0 Å². The molecule has 0 amide bonds. The minimum absolute atomic E-state index is 0.308. The fraction of sp³-hybridized carbons (Fsp3) is 0.300. The summed E-state index contributed by atoms with van der Waals surface area (Å²) in [5.74, 6) is 1.58. The Kier molecular flexibility index (Phi) is 4.48. The van der Waals surface area contributed by atoms with E-state index >= 15 is 0 Å². The molecule has 0 atom stereocenters. The minimum Gasteiger partial charge on any atom is -0.492 e. The average Bonchev–Trinajstić information content (AvgIpc) is 3.46. The lowest BCUT2D eigenvalue weighted by molar-refractivity contribution is 0.358. The molecule has 8 nitrogen and oxygen atoms in total. The molecule has 1 aromatic heterocycles. The first kappa shape index (κ1) is 18.1. The summed E-state index contributed by atoms with van der Waals surface area (Å²) in [6, 6.07) is 13.2. The third-order valence-electron chi connectivity index (χ3n) is 5.46. The van der Waals surface area contributed by atoms with Crippen molar-refractivity contribution in [3.63, 3.8) is 0 Å². The monoisotopic (exact) mass is 411 g/mol. The first-order valence-electron chi connectivity index (χ1n) is 9.58. The fourth-order valence-electron chi connectivity index (χ4n) is 3.89. The molecule has 1 saturated heterocycles. The summed E-state index contributed by atoms with van der Waals surface area (Å²) in [6.45, 7) is 2.65. The van der Waals surface area contributed by atoms with Crippen LogP contribution in [-0.2, 0) is 16.4 Å². The predicted octanol–water partition coefficient (Wildman–Crippen LogP) is 1.92. The normalized spacial score (nSPS) is 17.2. The van der Waals surface area contributed by atoms with Gasteiger partial charge in [-0.25, -0.2) is 13.5 Å². The number of aromatic nitrogens is 3. The van der Waals surface area contributed by atoms with Crippen molar-refractivity contribution in [2.24, 2.45) is 0 Å². The predicted molar refractivity (Wildman–Crippen MR) is 108 cm³/mol. The number of benzene rings is 2. The second-order valence-electron chi connectivity index (χ2n) is 7.12. The summed E-state index contributed by atoms with van der Waals surface area (Å²) >= 11 is 0. The number of piperazine rings is 1. The van der Waals surface area contributed by atoms with E-state index in [1.165, 1.54) is 16.2 Å². The largest absolute Gasteiger partial charge is 0.492 e. The van der Waals surface area contributed by atoms with Crippen molar-refractivity contribution >= 4 is 16.0 Å². The molecule has 0 unspecified atom stereocenters. The Morgan fingerprint density at radius 2 is 1.79 bits per heavy atom. The van der Waals surface area contributed by atoms with E-state index < -0.39 is 10.0 Å². The van der Waals surface area contributed by atoms with E-state index in [0.717, 1.165) is 23.3 Å². The molecule has 1 N–H and O–H groups in total. The van der Waals surface area contributed by atoms with Crippen LogP contribution in [0.15, 0.2) is 53.7 Å². The number of fused-ring (bicyclic) bond motifs is 1. The van der Waals surface area contributed by atoms with Crippen molar-refractivity contribution in [2.45, 2.75) is 11.3 Å². The smallest absolute Gasteiger partial charge is 0.243 e. The molecule has 2 aliphatic rings. The molecule has 0 spiro atoms. The van der Waals surface area contributed by atoms with Crippen LogP contribution in [0.25, 0.3) is 11.1 Å². The number of aromatic amines is 1. The van der Waals surface area contributed by atoms with E-state index in [1.54, 1.807) is 12.1 Å². The van der Waals surface area contributed by atoms with Crippen LogP contribution in [0.5, 0.6) is 5.75 Å². The van der Waals surface area contributed by atoms with Crippen LogP contribution in [0.2, 0.25) is 0 Å². The zero-order chi connectivity index (χ0) is 19.8. The van der Waals surface area contributed by atoms with Crippen molar-refractivity contribution in [1.29, 1.82) is 0 Å². The molecule has 0 saturated carbocycles. The van der Waals surface area contributed by atoms with Crippen molar-refractivity contribution in [3.8, 4) is 16.9 Å². The van der Waals surface area contributed by atoms with Gasteiger partial charge in [0.15, 0.2) is 0 Å². The molecular formula is C20H21N5O3S. The Labute approximate surface area is 169 Å². The van der Waals surface area contributed by atoms with Crippen molar-refractivity contribution < 1.29 is 13.2 Å². The highest BCUT2D eigenvalue weighted by atomic mass is 32.2. The lowest BCUT2D eigenvalue weighted by atomic mass is 10.0. The molecular weight excluding hydrogens is 390 g/mol. The van der Waals surface area contributed by atoms with Gasteiger partial charge in [0.25, 0.3) is 0 Å². The first-order valence-corrected chi connectivity index (χ1v) is 11.0. The Bertz CT molecular complexity index is 1110. The lowest BCUT2D eigenvalue weighted by Crippen LogP contribution is -2.49. The van der Waals surface area contributed by atoms with Crippen LogP contribution in [0.4, 0.5) is 5.95 Å². The van der Waals surface area contributed by atoms with Gasteiger partial charge in [-0.1, -0.05) is 30.3 Å². The second-order valence-corrected chi connectivity index (χ2v) is 9.05. The van der Waals surface area contributed by atoms with Gasteiger partial charge in [0.05, 0.1) is 11.5 Å². The number of hydrogen-bond acceptors (Lipinski definition) is 6. The van der Waals surface area contributed by atoms with Crippen LogP contribution in [0, 0.1) is 0 Å². The minimum atomic E-state index is -3.54. The number of anilines is 1. The van der Waals surface area contributed by atoms with E-state index in [-0.39, 0.29) is 0 Å². The molecule has 150 valence electrons. The second kappa shape index (κ2) is 7.16. The maximum Gasteiger partial charge on any atom is 0.243 e. The Hall–Kier alpha value is -2.91. The van der Waals surface area contributed by atoms with E-state index in [0.29, 0.717) is 43.6 Å². The van der Waals surface area contributed by atoms with Crippen LogP contribution in [0.1, 0.15) is 5.56 Å². The standard InChI is InChI=1S/C20H21N5O3S/c26-29(27,25-11-9-24(10-12-25)20-21-14-22-23-20)17-6-4-15(5-7-17)18-3-1-2-16-8-13-28-19(16)18/h1-7,14H,8-13H2,(H,21,22,23). The number of rotatable bonds is 4. The van der Waals surface area contributed by atoms with Crippen LogP contribution in [-0.4, -0.2) is 60.7 Å². The number of ether oxygens (including phenoxy) is 1. The molecule has 2 aliphatic heterocycles. The summed E-state index contributed by atoms with van der Waals surface area (Å²) in [4.78, 5) is 6.44. The van der Waals surface area contributed by atoms with Gasteiger partial charge in [0.2, 0.25) is 16.0 Å². The quantitative estimate of drug-likeness (QED) is 0.705. The summed E-state index contributed by atoms with van der Waals surface area (Å²) < 4.78 is 33.4. The molecule has 3 heterocycles. The highest BCUT2D eigenvalue weighted by Crippen LogP contribution is 2.37. The summed E-state index contributed by atoms with van der Waals surface area (Å²) in [7, 11) is -3.54. The molecule has 0 aliphatic carbocycles. The van der Waals surface area contributed by atoms with E-state index in [9.17, 15) is 8.42 Å². The zero-order valence-electron chi connectivity index (χ0n) is 15.8. The topological polar surface area (TPSA) is 91.4 Å². The molecule has 3 aromatic rings. The Balaban J connectivity index is 1.34. The van der Waals surface area contributed by atoms with E-state index in [2.05, 4.69) is 21.2 Å². The third kappa shape index (κ3) is 3.26. The number of para-hydroxylation sites is 1. The van der Waals surface area contributed by atoms with Gasteiger partial charge < -0.3 is 9.64 Å². The molecule has 29 heavy (non-hydrogen) atoms. The highest BCUT2D eigenvalue weighted by molar-refractivity contribution is 7.89. The summed E-state index contributed by atoms with van der Waals surface area (Å²) in [5.41, 5.74) is 3.16. The van der Waals surface area contributed by atoms with Gasteiger partial charge in [-0.2, -0.15) is 14.4 Å². The molecule has 9 heteroatoms. The first-order chi connectivity index (χ1) is 14.1. The third-order valence-corrected chi connectivity index (χ3v) is 7.37. The number of nitrogens with zero attached hydrogens (tertiary/aromatic N) is 4. The Morgan fingerprint density at radius 3 is 2.52 bits per heavy atom. The molecule has 5 rings (SSSR count). The van der Waals surface area contributed by atoms with Crippen molar-refractivity contribution in [3.05, 3.63) is 54.4 Å². The fourth-order valence-corrected chi connectivity index (χ4v) is 5.31. The molecule has 0 bridgehead atoms. The van der Waals surface area contributed by atoms with Gasteiger partial charge in [-0.15, -0.1) is 0 Å². The van der Waals surface area contributed by atoms with E-state index in [1.807, 2.05) is 29.2 Å². The van der Waals surface area contributed by atoms with E-state index in [4.69, 9.17) is 4.74 Å². The molecule has 0 radical (unpaired) electrons. The SMILES string of the molecule is O=S(=O)(c1ccc(-c2cccc3c2OCC3)cc1)N1CCN(c2ncn[nH]2)CC1. The maximum absolute atomic E-state index is 13.1. The number of hydrogen-bond donors (Lipinski definition) is 1. The van der Waals surface area contributed by atoms with Gasteiger partial charge in [-0.05, 0) is 23.3 Å². The lowest BCUT2D eigenvalue weighted by Gasteiger charge is -2.33. The van der Waals surface area contributed by atoms with Crippen LogP contribution in [0.3, 0.4) is 0 Å². The van der Waals surface area contributed by atoms with Gasteiger partial charge in [0.1, 0.15) is 12.1 Å². The zero-order valence-corrected chi connectivity index (χ0v) is 16.6. The number of nitrogens with one attached hydrogen (secondary N) is 1. The highest BCUT2D eigenvalue weighted by Gasteiger charge is 2.29. The maximum atomic E-state index is 13.1. The van der Waals surface area contributed by atoms with Gasteiger partial charge in [-0.3, -0.25) is 0 Å². The summed E-state index contributed by atoms with van der Waals surface area (Å²) in [6.07, 6.45) is 2.36. The van der Waals surface area contributed by atoms with Crippen LogP contribution < -0.4 is 9.64 Å². The van der Waals surface area contributed by atoms with Gasteiger partial charge in [0, 0.05) is 38.2 Å². The number of H-pyrrole nitrogens is 1.